The van der Waals surface area contributed by atoms with Gasteiger partial charge < -0.3 is 10.2 Å². The average Bonchev–Trinajstić information content (AvgIpc) is 2.58. The van der Waals surface area contributed by atoms with Gasteiger partial charge in [-0.3, -0.25) is 4.79 Å². The van der Waals surface area contributed by atoms with Crippen molar-refractivity contribution in [3.05, 3.63) is 29.8 Å². The molecule has 2 rings (SSSR count). The second-order valence-electron chi connectivity index (χ2n) is 5.88. The Morgan fingerprint density at radius 2 is 2.04 bits per heavy atom. The highest BCUT2D eigenvalue weighted by Gasteiger charge is 2.30. The molecule has 1 aromatic rings. The van der Waals surface area contributed by atoms with Gasteiger partial charge in [0.2, 0.25) is 5.91 Å². The summed E-state index contributed by atoms with van der Waals surface area (Å²) in [6, 6.07) is 5.38. The van der Waals surface area contributed by atoms with Crippen LogP contribution in [0.25, 0.3) is 0 Å². The molecule has 1 saturated heterocycles. The summed E-state index contributed by atoms with van der Waals surface area (Å²) in [6.45, 7) is 4.53. The molecule has 7 heteroatoms. The number of alkyl halides is 3. The number of rotatable bonds is 6. The second kappa shape index (κ2) is 8.76. The maximum absolute atomic E-state index is 12.7. The first-order valence-corrected chi connectivity index (χ1v) is 9.20. The first-order chi connectivity index (χ1) is 11.4. The predicted molar refractivity (Wildman–Crippen MR) is 90.1 cm³/mol. The molecule has 0 radical (unpaired) electrons. The van der Waals surface area contributed by atoms with E-state index in [0.717, 1.165) is 44.5 Å². The monoisotopic (exact) mass is 360 g/mol. The Labute approximate surface area is 145 Å². The molecule has 1 aromatic carbocycles. The lowest BCUT2D eigenvalue weighted by atomic mass is 10.0. The molecule has 1 aliphatic rings. The third kappa shape index (κ3) is 5.41. The first kappa shape index (κ1) is 19.1. The Bertz CT molecular complexity index is 545. The van der Waals surface area contributed by atoms with Crippen molar-refractivity contribution < 1.29 is 18.0 Å². The topological polar surface area (TPSA) is 32.3 Å². The molecule has 1 heterocycles. The van der Waals surface area contributed by atoms with Crippen LogP contribution in [0, 0.1) is 0 Å². The number of carbonyl (C=O) groups excluding carboxylic acids is 1. The van der Waals surface area contributed by atoms with Crippen LogP contribution in [0.4, 0.5) is 13.2 Å². The molecular weight excluding hydrogens is 337 g/mol. The lowest BCUT2D eigenvalue weighted by molar-refractivity contribution is -0.137. The van der Waals surface area contributed by atoms with Gasteiger partial charge in [0.05, 0.1) is 11.3 Å². The maximum Gasteiger partial charge on any atom is 0.416 e. The van der Waals surface area contributed by atoms with Crippen LogP contribution in [-0.2, 0) is 11.0 Å². The van der Waals surface area contributed by atoms with Gasteiger partial charge in [0, 0.05) is 17.5 Å². The van der Waals surface area contributed by atoms with Crippen molar-refractivity contribution in [2.45, 2.75) is 43.3 Å². The Balaban J connectivity index is 1.97. The van der Waals surface area contributed by atoms with E-state index < -0.39 is 11.7 Å². The molecule has 0 aromatic heterocycles. The van der Waals surface area contributed by atoms with Crippen molar-refractivity contribution in [1.29, 1.82) is 0 Å². The van der Waals surface area contributed by atoms with Crippen LogP contribution in [0.15, 0.2) is 29.2 Å². The summed E-state index contributed by atoms with van der Waals surface area (Å²) in [7, 11) is 0. The highest BCUT2D eigenvalue weighted by molar-refractivity contribution is 8.00. The summed E-state index contributed by atoms with van der Waals surface area (Å²) in [5.74, 6) is 0.178. The Morgan fingerprint density at radius 1 is 1.33 bits per heavy atom. The molecule has 0 aliphatic carbocycles. The molecular formula is C17H23F3N2OS. The van der Waals surface area contributed by atoms with Gasteiger partial charge in [0.15, 0.2) is 0 Å². The Hall–Kier alpha value is -1.21. The van der Waals surface area contributed by atoms with Gasteiger partial charge in [0.25, 0.3) is 0 Å². The molecule has 3 nitrogen and oxygen atoms in total. The minimum absolute atomic E-state index is 0.00571. The molecule has 0 saturated carbocycles. The summed E-state index contributed by atoms with van der Waals surface area (Å²) >= 11 is 1.17. The summed E-state index contributed by atoms with van der Waals surface area (Å²) in [5, 5.41) is 3.28. The van der Waals surface area contributed by atoms with Crippen LogP contribution in [0.2, 0.25) is 0 Å². The number of nitrogens with zero attached hydrogens (tertiary/aromatic N) is 1. The lowest BCUT2D eigenvalue weighted by Gasteiger charge is -2.34. The minimum Gasteiger partial charge on any atom is -0.339 e. The molecule has 1 N–H and O–H groups in total. The number of amides is 1. The molecule has 0 bridgehead atoms. The van der Waals surface area contributed by atoms with Crippen LogP contribution in [-0.4, -0.2) is 42.2 Å². The van der Waals surface area contributed by atoms with Crippen molar-refractivity contribution in [3.63, 3.8) is 0 Å². The smallest absolute Gasteiger partial charge is 0.339 e. The standard InChI is InChI=1S/C17H23F3N2OS/c1-2-10-22(14-6-8-21-9-7-14)16(23)12-24-15-5-3-4-13(11-15)17(18,19)20/h3-5,11,14,21H,2,6-10,12H2,1H3. The van der Waals surface area contributed by atoms with Gasteiger partial charge in [-0.15, -0.1) is 11.8 Å². The SMILES string of the molecule is CCCN(C(=O)CSc1cccc(C(F)(F)F)c1)C1CCNCC1. The van der Waals surface area contributed by atoms with E-state index in [1.165, 1.54) is 17.8 Å². The minimum atomic E-state index is -4.36. The quantitative estimate of drug-likeness (QED) is 0.784. The van der Waals surface area contributed by atoms with Crippen molar-refractivity contribution in [2.24, 2.45) is 0 Å². The van der Waals surface area contributed by atoms with Gasteiger partial charge in [-0.1, -0.05) is 13.0 Å². The summed E-state index contributed by atoms with van der Waals surface area (Å²) in [4.78, 5) is 14.9. The van der Waals surface area contributed by atoms with Crippen molar-refractivity contribution >= 4 is 17.7 Å². The van der Waals surface area contributed by atoms with Crippen molar-refractivity contribution in [2.75, 3.05) is 25.4 Å². The fourth-order valence-electron chi connectivity index (χ4n) is 2.86. The Kier molecular flexibility index (Phi) is 6.98. The van der Waals surface area contributed by atoms with E-state index in [4.69, 9.17) is 0 Å². The molecule has 0 atom stereocenters. The number of hydrogen-bond donors (Lipinski definition) is 1. The van der Waals surface area contributed by atoms with E-state index in [1.54, 1.807) is 6.07 Å². The summed E-state index contributed by atoms with van der Waals surface area (Å²) in [6.07, 6.45) is -1.62. The number of halogens is 3. The largest absolute Gasteiger partial charge is 0.416 e. The van der Waals surface area contributed by atoms with Crippen LogP contribution >= 0.6 is 11.8 Å². The number of piperidine rings is 1. The fraction of sp³-hybridized carbons (Fsp3) is 0.588. The second-order valence-corrected chi connectivity index (χ2v) is 6.93. The molecule has 1 amide bonds. The third-order valence-corrected chi connectivity index (χ3v) is 5.04. The zero-order valence-corrected chi connectivity index (χ0v) is 14.6. The third-order valence-electron chi connectivity index (χ3n) is 4.06. The van der Waals surface area contributed by atoms with Crippen LogP contribution in [0.1, 0.15) is 31.7 Å². The number of nitrogens with one attached hydrogen (secondary N) is 1. The molecule has 24 heavy (non-hydrogen) atoms. The highest BCUT2D eigenvalue weighted by atomic mass is 32.2. The highest BCUT2D eigenvalue weighted by Crippen LogP contribution is 2.32. The van der Waals surface area contributed by atoms with E-state index >= 15 is 0 Å². The lowest BCUT2D eigenvalue weighted by Crippen LogP contribution is -2.47. The molecule has 0 unspecified atom stereocenters. The van der Waals surface area contributed by atoms with Crippen LogP contribution < -0.4 is 5.32 Å². The van der Waals surface area contributed by atoms with E-state index in [-0.39, 0.29) is 17.7 Å². The zero-order valence-electron chi connectivity index (χ0n) is 13.7. The van der Waals surface area contributed by atoms with Gasteiger partial charge >= 0.3 is 6.18 Å². The van der Waals surface area contributed by atoms with E-state index in [0.29, 0.717) is 11.4 Å². The first-order valence-electron chi connectivity index (χ1n) is 8.22. The van der Waals surface area contributed by atoms with Gasteiger partial charge in [-0.05, 0) is 50.6 Å². The molecule has 134 valence electrons. The fourth-order valence-corrected chi connectivity index (χ4v) is 3.70. The summed E-state index contributed by atoms with van der Waals surface area (Å²) < 4.78 is 38.2. The number of carbonyl (C=O) groups is 1. The van der Waals surface area contributed by atoms with E-state index in [9.17, 15) is 18.0 Å². The van der Waals surface area contributed by atoms with E-state index in [2.05, 4.69) is 5.32 Å². The van der Waals surface area contributed by atoms with Gasteiger partial charge in [-0.25, -0.2) is 0 Å². The number of thioether (sulfide) groups is 1. The Morgan fingerprint density at radius 3 is 2.67 bits per heavy atom. The van der Waals surface area contributed by atoms with Crippen molar-refractivity contribution in [1.82, 2.24) is 10.2 Å². The van der Waals surface area contributed by atoms with Crippen LogP contribution in [0.5, 0.6) is 0 Å². The normalized spacial score (nSPS) is 16.2. The van der Waals surface area contributed by atoms with E-state index in [1.807, 2.05) is 11.8 Å². The predicted octanol–water partition coefficient (Wildman–Crippen LogP) is 3.79. The average molecular weight is 360 g/mol. The van der Waals surface area contributed by atoms with Gasteiger partial charge in [0.1, 0.15) is 0 Å². The molecule has 0 spiro atoms. The zero-order chi connectivity index (χ0) is 17.6. The van der Waals surface area contributed by atoms with Gasteiger partial charge in [-0.2, -0.15) is 13.2 Å². The number of hydrogen-bond acceptors (Lipinski definition) is 3. The summed E-state index contributed by atoms with van der Waals surface area (Å²) in [5.41, 5.74) is -0.677. The maximum atomic E-state index is 12.7. The van der Waals surface area contributed by atoms with Crippen molar-refractivity contribution in [3.8, 4) is 0 Å². The number of benzene rings is 1. The molecule has 1 fully saturated rings. The van der Waals surface area contributed by atoms with Crippen LogP contribution in [0.3, 0.4) is 0 Å². The molecule has 1 aliphatic heterocycles.